The third kappa shape index (κ3) is 4.83. The molecule has 0 heterocycles. The molecule has 0 unspecified atom stereocenters. The summed E-state index contributed by atoms with van der Waals surface area (Å²) in [7, 11) is 0. The molecule has 0 aliphatic heterocycles. The van der Waals surface area contributed by atoms with Crippen LogP contribution in [0.3, 0.4) is 0 Å². The maximum Gasteiger partial charge on any atom is 0.336 e. The number of amides is 3. The SMILES string of the molecule is CSc1ccc(NC(=O)N(S)c2ccc(NC(C)=O)cc2)cc1Cl. The smallest absolute Gasteiger partial charge is 0.326 e. The quantitative estimate of drug-likeness (QED) is 0.521. The van der Waals surface area contributed by atoms with Crippen molar-refractivity contribution in [3.05, 3.63) is 47.5 Å². The van der Waals surface area contributed by atoms with E-state index in [2.05, 4.69) is 23.4 Å². The lowest BCUT2D eigenvalue weighted by Gasteiger charge is -2.17. The topological polar surface area (TPSA) is 61.4 Å². The van der Waals surface area contributed by atoms with Gasteiger partial charge in [0.05, 0.1) is 10.7 Å². The van der Waals surface area contributed by atoms with Gasteiger partial charge in [0.2, 0.25) is 5.91 Å². The lowest BCUT2D eigenvalue weighted by molar-refractivity contribution is -0.114. The number of hydrogen-bond donors (Lipinski definition) is 3. The Balaban J connectivity index is 2.06. The first-order valence-corrected chi connectivity index (χ1v) is 8.92. The summed E-state index contributed by atoms with van der Waals surface area (Å²) >= 11 is 11.9. The van der Waals surface area contributed by atoms with Gasteiger partial charge < -0.3 is 10.6 Å². The Kier molecular flexibility index (Phi) is 6.42. The third-order valence-electron chi connectivity index (χ3n) is 3.03. The number of anilines is 3. The molecule has 5 nitrogen and oxygen atoms in total. The summed E-state index contributed by atoms with van der Waals surface area (Å²) in [6, 6.07) is 11.6. The molecule has 2 aromatic carbocycles. The van der Waals surface area contributed by atoms with Gasteiger partial charge in [-0.25, -0.2) is 9.10 Å². The lowest BCUT2D eigenvalue weighted by Crippen LogP contribution is -2.26. The van der Waals surface area contributed by atoms with E-state index in [1.54, 1.807) is 36.4 Å². The van der Waals surface area contributed by atoms with Crippen molar-refractivity contribution in [1.82, 2.24) is 0 Å². The van der Waals surface area contributed by atoms with Crippen LogP contribution in [-0.4, -0.2) is 18.2 Å². The molecular formula is C16H16ClN3O2S2. The first-order valence-electron chi connectivity index (χ1n) is 6.92. The van der Waals surface area contributed by atoms with Crippen LogP contribution in [0.25, 0.3) is 0 Å². The van der Waals surface area contributed by atoms with E-state index in [-0.39, 0.29) is 5.91 Å². The molecule has 8 heteroatoms. The maximum atomic E-state index is 12.3. The van der Waals surface area contributed by atoms with Crippen molar-refractivity contribution >= 4 is 65.2 Å². The zero-order valence-corrected chi connectivity index (χ0v) is 15.5. The van der Waals surface area contributed by atoms with Gasteiger partial charge in [-0.2, -0.15) is 0 Å². The number of carbonyl (C=O) groups excluding carboxylic acids is 2. The lowest BCUT2D eigenvalue weighted by atomic mass is 10.3. The van der Waals surface area contributed by atoms with Gasteiger partial charge in [-0.1, -0.05) is 24.4 Å². The second-order valence-corrected chi connectivity index (χ2v) is 6.47. The second-order valence-electron chi connectivity index (χ2n) is 4.82. The van der Waals surface area contributed by atoms with Crippen LogP contribution in [0.4, 0.5) is 21.9 Å². The zero-order chi connectivity index (χ0) is 17.7. The summed E-state index contributed by atoms with van der Waals surface area (Å²) in [5, 5.41) is 5.96. The molecule has 2 N–H and O–H groups in total. The van der Waals surface area contributed by atoms with E-state index in [4.69, 9.17) is 11.6 Å². The molecule has 0 atom stereocenters. The van der Waals surface area contributed by atoms with Crippen molar-refractivity contribution in [2.24, 2.45) is 0 Å². The van der Waals surface area contributed by atoms with Crippen LogP contribution in [-0.2, 0) is 4.79 Å². The molecule has 0 aromatic heterocycles. The van der Waals surface area contributed by atoms with Crippen LogP contribution >= 0.6 is 36.2 Å². The van der Waals surface area contributed by atoms with Crippen molar-refractivity contribution in [3.63, 3.8) is 0 Å². The highest BCUT2D eigenvalue weighted by Crippen LogP contribution is 2.28. The molecule has 0 aliphatic rings. The van der Waals surface area contributed by atoms with Crippen molar-refractivity contribution < 1.29 is 9.59 Å². The normalized spacial score (nSPS) is 10.2. The molecule has 0 saturated carbocycles. The fourth-order valence-corrected chi connectivity index (χ4v) is 2.98. The third-order valence-corrected chi connectivity index (χ3v) is 4.66. The molecule has 24 heavy (non-hydrogen) atoms. The molecule has 0 radical (unpaired) electrons. The average Bonchev–Trinajstić information content (AvgIpc) is 2.54. The van der Waals surface area contributed by atoms with Crippen LogP contribution in [0.15, 0.2) is 47.4 Å². The maximum absolute atomic E-state index is 12.3. The highest BCUT2D eigenvalue weighted by molar-refractivity contribution is 7.98. The van der Waals surface area contributed by atoms with Gasteiger partial charge >= 0.3 is 6.03 Å². The molecule has 0 bridgehead atoms. The highest BCUT2D eigenvalue weighted by atomic mass is 35.5. The monoisotopic (exact) mass is 381 g/mol. The molecule has 2 aromatic rings. The Morgan fingerprint density at radius 2 is 1.71 bits per heavy atom. The zero-order valence-electron chi connectivity index (χ0n) is 13.0. The van der Waals surface area contributed by atoms with E-state index < -0.39 is 6.03 Å². The molecule has 0 fully saturated rings. The van der Waals surface area contributed by atoms with Gasteiger partial charge in [0.25, 0.3) is 0 Å². The highest BCUT2D eigenvalue weighted by Gasteiger charge is 2.13. The molecule has 3 amide bonds. The number of carbonyl (C=O) groups is 2. The number of hydrogen-bond acceptors (Lipinski definition) is 4. The Morgan fingerprint density at radius 3 is 2.25 bits per heavy atom. The Labute approximate surface area is 155 Å². The van der Waals surface area contributed by atoms with E-state index >= 15 is 0 Å². The number of benzene rings is 2. The van der Waals surface area contributed by atoms with E-state index in [1.807, 2.05) is 12.3 Å². The number of thioether (sulfide) groups is 1. The average molecular weight is 382 g/mol. The summed E-state index contributed by atoms with van der Waals surface area (Å²) in [5.74, 6) is -0.159. The van der Waals surface area contributed by atoms with Crippen molar-refractivity contribution in [2.45, 2.75) is 11.8 Å². The van der Waals surface area contributed by atoms with Gasteiger partial charge in [-0.15, -0.1) is 11.8 Å². The molecular weight excluding hydrogens is 366 g/mol. The number of urea groups is 1. The molecule has 0 spiro atoms. The Bertz CT molecular complexity index is 753. The van der Waals surface area contributed by atoms with Crippen molar-refractivity contribution in [2.75, 3.05) is 21.2 Å². The first kappa shape index (κ1) is 18.5. The predicted octanol–water partition coefficient (Wildman–Crippen LogP) is 4.90. The van der Waals surface area contributed by atoms with Crippen molar-refractivity contribution in [3.8, 4) is 0 Å². The molecule has 126 valence electrons. The number of nitrogens with zero attached hydrogens (tertiary/aromatic N) is 1. The fourth-order valence-electron chi connectivity index (χ4n) is 1.93. The van der Waals surface area contributed by atoms with Crippen LogP contribution in [0.5, 0.6) is 0 Å². The minimum absolute atomic E-state index is 0.159. The van der Waals surface area contributed by atoms with E-state index in [0.29, 0.717) is 22.1 Å². The van der Waals surface area contributed by atoms with Crippen LogP contribution in [0.1, 0.15) is 6.92 Å². The predicted molar refractivity (Wildman–Crippen MR) is 104 cm³/mol. The number of thiol groups is 1. The molecule has 0 aliphatic carbocycles. The minimum atomic E-state index is -0.418. The largest absolute Gasteiger partial charge is 0.336 e. The van der Waals surface area contributed by atoms with E-state index in [0.717, 1.165) is 4.90 Å². The van der Waals surface area contributed by atoms with Crippen LogP contribution in [0.2, 0.25) is 5.02 Å². The number of nitrogens with one attached hydrogen (secondary N) is 2. The second kappa shape index (κ2) is 8.32. The summed E-state index contributed by atoms with van der Waals surface area (Å²) in [4.78, 5) is 24.2. The first-order chi connectivity index (χ1) is 11.4. The van der Waals surface area contributed by atoms with Crippen molar-refractivity contribution in [1.29, 1.82) is 0 Å². The summed E-state index contributed by atoms with van der Waals surface area (Å²) < 4.78 is 1.17. The van der Waals surface area contributed by atoms with Gasteiger partial charge in [-0.05, 0) is 48.7 Å². The molecule has 0 saturated heterocycles. The number of rotatable bonds is 4. The Hall–Kier alpha value is -1.83. The summed E-state index contributed by atoms with van der Waals surface area (Å²) in [5.41, 5.74) is 1.79. The fraction of sp³-hybridized carbons (Fsp3) is 0.125. The van der Waals surface area contributed by atoms with Crippen LogP contribution in [0, 0.1) is 0 Å². The standard InChI is InChI=1S/C16H16ClN3O2S2/c1-10(21)18-11-3-6-13(7-4-11)20(23)16(22)19-12-5-8-15(24-2)14(17)9-12/h3-9,23H,1-2H3,(H,18,21)(H,19,22). The van der Waals surface area contributed by atoms with Gasteiger partial charge in [0.15, 0.2) is 0 Å². The minimum Gasteiger partial charge on any atom is -0.326 e. The van der Waals surface area contributed by atoms with E-state index in [9.17, 15) is 9.59 Å². The van der Waals surface area contributed by atoms with Gasteiger partial charge in [0, 0.05) is 23.2 Å². The summed E-state index contributed by atoms with van der Waals surface area (Å²) in [6.07, 6.45) is 1.93. The molecule has 2 rings (SSSR count). The van der Waals surface area contributed by atoms with Gasteiger partial charge in [0.1, 0.15) is 0 Å². The van der Waals surface area contributed by atoms with E-state index in [1.165, 1.54) is 23.0 Å². The summed E-state index contributed by atoms with van der Waals surface area (Å²) in [6.45, 7) is 1.43. The van der Waals surface area contributed by atoms with Crippen LogP contribution < -0.4 is 14.9 Å². The Morgan fingerprint density at radius 1 is 1.08 bits per heavy atom. The van der Waals surface area contributed by atoms with Gasteiger partial charge in [-0.3, -0.25) is 4.79 Å². The number of halogens is 1.